The normalized spacial score (nSPS) is 21.6. The number of benzene rings is 2. The van der Waals surface area contributed by atoms with E-state index in [-0.39, 0.29) is 11.9 Å². The molecule has 2 unspecified atom stereocenters. The number of hydrogen-bond acceptors (Lipinski definition) is 3. The van der Waals surface area contributed by atoms with Crippen LogP contribution in [0.25, 0.3) is 10.8 Å². The molecular weight excluding hydrogens is 264 g/mol. The molecule has 3 rings (SSSR count). The molecule has 1 aliphatic heterocycles. The van der Waals surface area contributed by atoms with Gasteiger partial charge in [0.05, 0.1) is 13.2 Å². The highest BCUT2D eigenvalue weighted by molar-refractivity contribution is 5.85. The van der Waals surface area contributed by atoms with Crippen molar-refractivity contribution in [3.05, 3.63) is 42.0 Å². The monoisotopic (exact) mass is 284 g/mol. The maximum atomic E-state index is 11.2. The van der Waals surface area contributed by atoms with Crippen LogP contribution in [0, 0.1) is 5.92 Å². The summed E-state index contributed by atoms with van der Waals surface area (Å²) >= 11 is 0. The molecule has 2 atom stereocenters. The number of nitrogens with two attached hydrogens (primary N) is 1. The Balaban J connectivity index is 1.84. The van der Waals surface area contributed by atoms with Crippen LogP contribution >= 0.6 is 0 Å². The third-order valence-electron chi connectivity index (χ3n) is 4.22. The number of nitrogens with one attached hydrogen (secondary N) is 1. The van der Waals surface area contributed by atoms with Crippen LogP contribution in [0.1, 0.15) is 12.0 Å². The van der Waals surface area contributed by atoms with Crippen LogP contribution in [-0.4, -0.2) is 25.6 Å². The van der Waals surface area contributed by atoms with Crippen LogP contribution in [0.5, 0.6) is 5.75 Å². The number of amides is 1. The van der Waals surface area contributed by atoms with E-state index in [1.54, 1.807) is 7.11 Å². The molecule has 0 spiro atoms. The first-order chi connectivity index (χ1) is 10.2. The first-order valence-electron chi connectivity index (χ1n) is 7.25. The molecule has 0 aromatic heterocycles. The van der Waals surface area contributed by atoms with Crippen LogP contribution in [0.15, 0.2) is 36.4 Å². The smallest absolute Gasteiger partial charge is 0.234 e. The number of carbonyl (C=O) groups excluding carboxylic acids is 1. The Morgan fingerprint density at radius 1 is 1.33 bits per heavy atom. The lowest BCUT2D eigenvalue weighted by Gasteiger charge is -2.14. The minimum atomic E-state index is -0.261. The van der Waals surface area contributed by atoms with Gasteiger partial charge in [-0.2, -0.15) is 0 Å². The van der Waals surface area contributed by atoms with E-state index in [2.05, 4.69) is 29.6 Å². The minimum absolute atomic E-state index is 0.193. The highest BCUT2D eigenvalue weighted by atomic mass is 16.5. The number of methoxy groups -OCH3 is 1. The van der Waals surface area contributed by atoms with Gasteiger partial charge in [0.15, 0.2) is 0 Å². The Kier molecular flexibility index (Phi) is 3.80. The van der Waals surface area contributed by atoms with Crippen molar-refractivity contribution in [2.45, 2.75) is 18.9 Å². The molecule has 4 heteroatoms. The molecule has 0 radical (unpaired) electrons. The van der Waals surface area contributed by atoms with Gasteiger partial charge in [0.1, 0.15) is 5.75 Å². The van der Waals surface area contributed by atoms with Gasteiger partial charge in [-0.15, -0.1) is 0 Å². The summed E-state index contributed by atoms with van der Waals surface area (Å²) in [6.45, 7) is 0.823. The van der Waals surface area contributed by atoms with Crippen LogP contribution < -0.4 is 15.8 Å². The Morgan fingerprint density at radius 2 is 2.05 bits per heavy atom. The number of fused-ring (bicyclic) bond motifs is 1. The maximum absolute atomic E-state index is 11.2. The highest BCUT2D eigenvalue weighted by Crippen LogP contribution is 2.29. The molecule has 110 valence electrons. The lowest BCUT2D eigenvalue weighted by Crippen LogP contribution is -2.36. The van der Waals surface area contributed by atoms with Crippen LogP contribution in [0.3, 0.4) is 0 Å². The molecule has 0 aliphatic carbocycles. The van der Waals surface area contributed by atoms with E-state index in [4.69, 9.17) is 10.5 Å². The third-order valence-corrected chi connectivity index (χ3v) is 4.22. The number of primary amides is 1. The number of rotatable bonds is 4. The predicted octanol–water partition coefficient (Wildman–Crippen LogP) is 1.85. The fourth-order valence-corrected chi connectivity index (χ4v) is 3.11. The maximum Gasteiger partial charge on any atom is 0.234 e. The van der Waals surface area contributed by atoms with Crippen LogP contribution in [-0.2, 0) is 11.2 Å². The largest absolute Gasteiger partial charge is 0.496 e. The van der Waals surface area contributed by atoms with E-state index in [1.165, 1.54) is 16.3 Å². The van der Waals surface area contributed by atoms with Gasteiger partial charge in [0, 0.05) is 0 Å². The van der Waals surface area contributed by atoms with Gasteiger partial charge in [-0.05, 0) is 53.8 Å². The van der Waals surface area contributed by atoms with Crippen molar-refractivity contribution < 1.29 is 9.53 Å². The second kappa shape index (κ2) is 5.74. The van der Waals surface area contributed by atoms with E-state index in [1.807, 2.05) is 12.1 Å². The molecule has 1 heterocycles. The van der Waals surface area contributed by atoms with Gasteiger partial charge >= 0.3 is 0 Å². The molecule has 1 aliphatic rings. The zero-order valence-corrected chi connectivity index (χ0v) is 12.1. The average molecular weight is 284 g/mol. The molecule has 3 N–H and O–H groups in total. The van der Waals surface area contributed by atoms with Crippen molar-refractivity contribution in [3.63, 3.8) is 0 Å². The van der Waals surface area contributed by atoms with Crippen molar-refractivity contribution in [2.75, 3.05) is 13.7 Å². The van der Waals surface area contributed by atoms with E-state index in [0.29, 0.717) is 5.92 Å². The molecule has 4 nitrogen and oxygen atoms in total. The van der Waals surface area contributed by atoms with E-state index in [0.717, 1.165) is 25.1 Å². The molecule has 2 aromatic carbocycles. The van der Waals surface area contributed by atoms with Crippen LogP contribution in [0.2, 0.25) is 0 Å². The van der Waals surface area contributed by atoms with Gasteiger partial charge in [-0.3, -0.25) is 4.79 Å². The summed E-state index contributed by atoms with van der Waals surface area (Å²) in [5.41, 5.74) is 6.55. The zero-order chi connectivity index (χ0) is 14.8. The Labute approximate surface area is 124 Å². The van der Waals surface area contributed by atoms with Crippen molar-refractivity contribution in [2.24, 2.45) is 11.7 Å². The Morgan fingerprint density at radius 3 is 2.67 bits per heavy atom. The van der Waals surface area contributed by atoms with Crippen LogP contribution in [0.4, 0.5) is 0 Å². The molecule has 0 saturated carbocycles. The van der Waals surface area contributed by atoms with Gasteiger partial charge in [-0.25, -0.2) is 0 Å². The molecule has 1 amide bonds. The molecule has 1 saturated heterocycles. The summed E-state index contributed by atoms with van der Waals surface area (Å²) in [6, 6.07) is 12.3. The SMILES string of the molecule is COc1cc2ccccc2cc1CC1CNC(C(N)=O)C1. The summed E-state index contributed by atoms with van der Waals surface area (Å²) in [4.78, 5) is 11.2. The zero-order valence-electron chi connectivity index (χ0n) is 12.1. The molecule has 2 aromatic rings. The van der Waals surface area contributed by atoms with Gasteiger partial charge in [0.2, 0.25) is 5.91 Å². The number of ether oxygens (including phenoxy) is 1. The average Bonchev–Trinajstić information content (AvgIpc) is 2.95. The molecule has 0 bridgehead atoms. The third kappa shape index (κ3) is 2.85. The second-order valence-corrected chi connectivity index (χ2v) is 5.68. The second-order valence-electron chi connectivity index (χ2n) is 5.68. The first-order valence-corrected chi connectivity index (χ1v) is 7.25. The summed E-state index contributed by atoms with van der Waals surface area (Å²) in [5.74, 6) is 1.07. The van der Waals surface area contributed by atoms with Crippen molar-refractivity contribution >= 4 is 16.7 Å². The summed E-state index contributed by atoms with van der Waals surface area (Å²) < 4.78 is 5.53. The topological polar surface area (TPSA) is 64.3 Å². The number of hydrogen-bond donors (Lipinski definition) is 2. The lowest BCUT2D eigenvalue weighted by molar-refractivity contribution is -0.119. The Bertz CT molecular complexity index is 669. The van der Waals surface area contributed by atoms with Gasteiger partial charge in [0.25, 0.3) is 0 Å². The standard InChI is InChI=1S/C17H20N2O2/c1-21-16-9-13-5-3-2-4-12(13)8-14(16)6-11-7-15(17(18)20)19-10-11/h2-5,8-9,11,15,19H,6-7,10H2,1H3,(H2,18,20). The summed E-state index contributed by atoms with van der Waals surface area (Å²) in [5, 5.41) is 5.58. The van der Waals surface area contributed by atoms with Crippen molar-refractivity contribution in [3.8, 4) is 5.75 Å². The highest BCUT2D eigenvalue weighted by Gasteiger charge is 2.28. The van der Waals surface area contributed by atoms with Crippen molar-refractivity contribution in [1.82, 2.24) is 5.32 Å². The fourth-order valence-electron chi connectivity index (χ4n) is 3.11. The molecule has 1 fully saturated rings. The molecular formula is C17H20N2O2. The number of carbonyl (C=O) groups is 1. The fraction of sp³-hybridized carbons (Fsp3) is 0.353. The van der Waals surface area contributed by atoms with E-state index in [9.17, 15) is 4.79 Å². The summed E-state index contributed by atoms with van der Waals surface area (Å²) in [7, 11) is 1.70. The minimum Gasteiger partial charge on any atom is -0.496 e. The van der Waals surface area contributed by atoms with E-state index < -0.39 is 0 Å². The van der Waals surface area contributed by atoms with Gasteiger partial charge < -0.3 is 15.8 Å². The van der Waals surface area contributed by atoms with Gasteiger partial charge in [-0.1, -0.05) is 24.3 Å². The quantitative estimate of drug-likeness (QED) is 0.900. The van der Waals surface area contributed by atoms with Crippen molar-refractivity contribution in [1.29, 1.82) is 0 Å². The molecule has 21 heavy (non-hydrogen) atoms. The predicted molar refractivity (Wildman–Crippen MR) is 83.3 cm³/mol. The lowest BCUT2D eigenvalue weighted by atomic mass is 9.94. The summed E-state index contributed by atoms with van der Waals surface area (Å²) in [6.07, 6.45) is 1.69. The van der Waals surface area contributed by atoms with E-state index >= 15 is 0 Å². The first kappa shape index (κ1) is 13.9. The Hall–Kier alpha value is -2.07.